The van der Waals surface area contributed by atoms with E-state index in [9.17, 15) is 9.18 Å². The Kier molecular flexibility index (Phi) is 8.87. The number of hydrogen-bond donors (Lipinski definition) is 3. The van der Waals surface area contributed by atoms with Crippen molar-refractivity contribution in [2.24, 2.45) is 0 Å². The third kappa shape index (κ3) is 5.56. The van der Waals surface area contributed by atoms with E-state index in [-0.39, 0.29) is 37.2 Å². The van der Waals surface area contributed by atoms with Gasteiger partial charge in [-0.1, -0.05) is 88.9 Å². The zero-order valence-corrected chi connectivity index (χ0v) is 18.2. The molecule has 0 aliphatic heterocycles. The van der Waals surface area contributed by atoms with Crippen molar-refractivity contribution in [3.05, 3.63) is 68.1 Å². The second-order valence-electron chi connectivity index (χ2n) is 7.36. The number of hydrogen-bond acceptors (Lipinski definition) is 2. The summed E-state index contributed by atoms with van der Waals surface area (Å²) in [6, 6.07) is 11.8. The molecular formula is C24H27ClFN4O. The van der Waals surface area contributed by atoms with Gasteiger partial charge in [-0.05, 0) is 24.5 Å². The molecule has 2 amide bonds. The molecule has 5 radical (unpaired) electrons. The molecule has 3 aromatic rings. The fourth-order valence-electron chi connectivity index (χ4n) is 3.77. The summed E-state index contributed by atoms with van der Waals surface area (Å²) >= 11 is 6.25. The van der Waals surface area contributed by atoms with Crippen LogP contribution in [0.4, 0.5) is 15.0 Å². The number of halogens is 2. The lowest BCUT2D eigenvalue weighted by Crippen LogP contribution is -2.33. The van der Waals surface area contributed by atoms with Crippen LogP contribution in [0.3, 0.4) is 0 Å². The summed E-state index contributed by atoms with van der Waals surface area (Å²) in [5, 5.41) is 12.9. The number of rotatable bonds is 3. The molecular weight excluding hydrogens is 415 g/mol. The van der Waals surface area contributed by atoms with Crippen LogP contribution in [0.15, 0.2) is 36.4 Å². The Balaban J connectivity index is 0.00000171. The first kappa shape index (κ1) is 24.7. The lowest BCUT2D eigenvalue weighted by molar-refractivity contribution is 0.251. The van der Waals surface area contributed by atoms with Gasteiger partial charge in [0.2, 0.25) is 0 Å². The molecule has 1 aromatic heterocycles. The van der Waals surface area contributed by atoms with Crippen LogP contribution >= 0.6 is 11.6 Å². The van der Waals surface area contributed by atoms with E-state index in [1.165, 1.54) is 19.3 Å². The third-order valence-corrected chi connectivity index (χ3v) is 5.67. The van der Waals surface area contributed by atoms with Crippen LogP contribution in [0.5, 0.6) is 0 Å². The van der Waals surface area contributed by atoms with Gasteiger partial charge in [0, 0.05) is 10.9 Å². The van der Waals surface area contributed by atoms with Crippen molar-refractivity contribution in [2.45, 2.75) is 44.9 Å². The van der Waals surface area contributed by atoms with Gasteiger partial charge >= 0.3 is 6.03 Å². The quantitative estimate of drug-likeness (QED) is 0.406. The highest BCUT2D eigenvalue weighted by atomic mass is 35.5. The summed E-state index contributed by atoms with van der Waals surface area (Å²) in [7, 11) is 0. The number of aromatic nitrogens is 2. The lowest BCUT2D eigenvalue weighted by atomic mass is 9.97. The van der Waals surface area contributed by atoms with Crippen LogP contribution in [-0.4, -0.2) is 16.2 Å². The van der Waals surface area contributed by atoms with Crippen LogP contribution in [0.1, 0.15) is 44.9 Å². The molecule has 4 rings (SSSR count). The number of fused-ring (bicyclic) bond motifs is 1. The molecule has 163 valence electrons. The molecule has 31 heavy (non-hydrogen) atoms. The molecule has 0 saturated heterocycles. The zero-order chi connectivity index (χ0) is 20.2. The molecule has 0 unspecified atom stereocenters. The van der Waals surface area contributed by atoms with Gasteiger partial charge in [-0.25, -0.2) is 9.18 Å². The number of urea groups is 1. The van der Waals surface area contributed by atoms with Gasteiger partial charge in [0.25, 0.3) is 0 Å². The zero-order valence-electron chi connectivity index (χ0n) is 17.4. The van der Waals surface area contributed by atoms with Gasteiger partial charge in [0.05, 0.1) is 11.1 Å². The summed E-state index contributed by atoms with van der Waals surface area (Å²) < 4.78 is 14.8. The first-order chi connectivity index (χ1) is 14.1. The Morgan fingerprint density at radius 2 is 1.65 bits per heavy atom. The van der Waals surface area contributed by atoms with E-state index < -0.39 is 5.82 Å². The highest BCUT2D eigenvalue weighted by Crippen LogP contribution is 2.36. The van der Waals surface area contributed by atoms with Crippen molar-refractivity contribution in [3.63, 3.8) is 0 Å². The summed E-state index contributed by atoms with van der Waals surface area (Å²) in [4.78, 5) is 12.5. The summed E-state index contributed by atoms with van der Waals surface area (Å²) in [6.07, 6.45) is 7.62. The number of aromatic amines is 1. The van der Waals surface area contributed by atoms with Crippen molar-refractivity contribution in [3.8, 4) is 11.1 Å². The Morgan fingerprint density at radius 3 is 2.32 bits per heavy atom. The van der Waals surface area contributed by atoms with Crippen molar-refractivity contribution in [1.82, 2.24) is 15.5 Å². The van der Waals surface area contributed by atoms with E-state index in [2.05, 4.69) is 20.8 Å². The molecule has 1 aliphatic carbocycles. The Bertz CT molecular complexity index is 998. The Labute approximate surface area is 188 Å². The summed E-state index contributed by atoms with van der Waals surface area (Å²) in [5.41, 5.74) is 1.51. The number of anilines is 1. The molecule has 0 atom stereocenters. The number of H-pyrrole nitrogens is 1. The minimum atomic E-state index is -0.585. The molecule has 1 aliphatic rings. The fourth-order valence-corrected chi connectivity index (χ4v) is 4.03. The number of nitrogens with one attached hydrogen (secondary N) is 3. The van der Waals surface area contributed by atoms with Gasteiger partial charge in [0.1, 0.15) is 5.52 Å². The molecule has 1 saturated carbocycles. The summed E-state index contributed by atoms with van der Waals surface area (Å²) in [6.45, 7) is 0. The van der Waals surface area contributed by atoms with Crippen LogP contribution in [0.25, 0.3) is 22.0 Å². The number of carbonyl (C=O) groups excluding carboxylic acids is 1. The fraction of sp³-hybridized carbons (Fsp3) is 0.292. The van der Waals surface area contributed by atoms with Crippen LogP contribution in [0, 0.1) is 26.7 Å². The number of benzene rings is 2. The largest absolute Gasteiger partial charge is 0.330 e. The second-order valence-corrected chi connectivity index (χ2v) is 7.74. The third-order valence-electron chi connectivity index (χ3n) is 5.31. The van der Waals surface area contributed by atoms with Crippen molar-refractivity contribution in [2.75, 3.05) is 5.32 Å². The molecule has 3 N–H and O–H groups in total. The predicted octanol–water partition coefficient (Wildman–Crippen LogP) is 7.07. The summed E-state index contributed by atoms with van der Waals surface area (Å²) in [5.74, 6) is -0.310. The first-order valence-electron chi connectivity index (χ1n) is 9.97. The molecule has 5 nitrogen and oxygen atoms in total. The van der Waals surface area contributed by atoms with E-state index in [0.29, 0.717) is 10.9 Å². The standard InChI is InChI=1S/C22H23ClFN4O.2CH2/c23-18-16(14-9-5-4-6-10-14)13-17-20(19(18)24)27-28-21(17)26-22(29)25-15-11-7-2-1-3-8-12-15;;/h4-6,9-10,13H,1-3,7-8,11-12H2,(H3,25,26,27,28,29);2*1H2. The SMILES string of the molecule is O=C(N[C]1CCCCCCC1)Nc1n[nH]c2c(F)c(Cl)c(-c3ccccc3)cc12.[CH2].[CH2]. The lowest BCUT2D eigenvalue weighted by Gasteiger charge is -2.20. The number of nitrogens with zero attached hydrogens (tertiary/aromatic N) is 1. The van der Waals surface area contributed by atoms with Gasteiger partial charge in [-0.15, -0.1) is 0 Å². The van der Waals surface area contributed by atoms with E-state index in [1.807, 2.05) is 30.3 Å². The Hall–Kier alpha value is -2.60. The maximum absolute atomic E-state index is 14.8. The van der Waals surface area contributed by atoms with Crippen LogP contribution < -0.4 is 10.6 Å². The van der Waals surface area contributed by atoms with Crippen molar-refractivity contribution < 1.29 is 9.18 Å². The molecule has 1 heterocycles. The highest BCUT2D eigenvalue weighted by molar-refractivity contribution is 6.34. The average Bonchev–Trinajstić information content (AvgIpc) is 3.10. The highest BCUT2D eigenvalue weighted by Gasteiger charge is 2.20. The normalized spacial score (nSPS) is 14.6. The van der Waals surface area contributed by atoms with E-state index in [4.69, 9.17) is 11.6 Å². The Morgan fingerprint density at radius 1 is 1.00 bits per heavy atom. The van der Waals surface area contributed by atoms with E-state index in [1.54, 1.807) is 6.07 Å². The maximum atomic E-state index is 14.8. The van der Waals surface area contributed by atoms with E-state index in [0.717, 1.165) is 37.3 Å². The van der Waals surface area contributed by atoms with E-state index >= 15 is 0 Å². The monoisotopic (exact) mass is 441 g/mol. The minimum absolute atomic E-state index is 0. The predicted molar refractivity (Wildman–Crippen MR) is 125 cm³/mol. The topological polar surface area (TPSA) is 69.8 Å². The van der Waals surface area contributed by atoms with Crippen molar-refractivity contribution >= 4 is 34.4 Å². The maximum Gasteiger partial charge on any atom is 0.320 e. The minimum Gasteiger partial charge on any atom is -0.330 e. The first-order valence-corrected chi connectivity index (χ1v) is 10.4. The molecule has 1 fully saturated rings. The number of carbonyl (C=O) groups is 1. The molecule has 0 bridgehead atoms. The van der Waals surface area contributed by atoms with Crippen LogP contribution in [-0.2, 0) is 0 Å². The molecule has 0 spiro atoms. The number of amides is 2. The van der Waals surface area contributed by atoms with Gasteiger partial charge in [-0.3, -0.25) is 10.4 Å². The molecule has 2 aromatic carbocycles. The van der Waals surface area contributed by atoms with Crippen LogP contribution in [0.2, 0.25) is 5.02 Å². The molecule has 7 heteroatoms. The van der Waals surface area contributed by atoms with Crippen molar-refractivity contribution in [1.29, 1.82) is 0 Å². The average molecular weight is 442 g/mol. The smallest absolute Gasteiger partial charge is 0.320 e. The second kappa shape index (κ2) is 11.1. The van der Waals surface area contributed by atoms with Gasteiger partial charge in [-0.2, -0.15) is 5.10 Å². The van der Waals surface area contributed by atoms with Gasteiger partial charge < -0.3 is 5.32 Å². The van der Waals surface area contributed by atoms with Gasteiger partial charge in [0.15, 0.2) is 11.6 Å².